The van der Waals surface area contributed by atoms with E-state index in [1.165, 1.54) is 83.7 Å². The summed E-state index contributed by atoms with van der Waals surface area (Å²) in [7, 11) is 0. The molecule has 21 heavy (non-hydrogen) atoms. The molecule has 0 spiro atoms. The standard InChI is InChI=1S/C19H37N2/c1-4-7-9-10-11-12-13-16-21-18-17-20(15-6-3)19(21)14-8-5-2/h17-18H,4-16H2,1-3H3/q+1. The van der Waals surface area contributed by atoms with Crippen LogP contribution in [-0.2, 0) is 19.5 Å². The number of aryl methyl sites for hydroxylation is 2. The number of nitrogens with zero attached hydrogens (tertiary/aromatic N) is 2. The molecule has 1 heterocycles. The smallest absolute Gasteiger partial charge is 0.234 e. The van der Waals surface area contributed by atoms with E-state index >= 15 is 0 Å². The minimum Gasteiger partial charge on any atom is -0.234 e. The van der Waals surface area contributed by atoms with E-state index in [0.29, 0.717) is 0 Å². The maximum Gasteiger partial charge on any atom is 0.256 e. The molecule has 0 bridgehead atoms. The predicted molar refractivity (Wildman–Crippen MR) is 91.5 cm³/mol. The zero-order chi connectivity index (χ0) is 15.3. The van der Waals surface area contributed by atoms with Crippen molar-refractivity contribution >= 4 is 0 Å². The molecule has 1 rings (SSSR count). The average Bonchev–Trinajstić information content (AvgIpc) is 2.87. The summed E-state index contributed by atoms with van der Waals surface area (Å²) >= 11 is 0. The minimum absolute atomic E-state index is 1.17. The molecule has 0 amide bonds. The Hall–Kier alpha value is -0.790. The number of hydrogen-bond donors (Lipinski definition) is 0. The number of unbranched alkanes of at least 4 members (excludes halogenated alkanes) is 7. The van der Waals surface area contributed by atoms with Crippen molar-refractivity contribution in [2.24, 2.45) is 0 Å². The first kappa shape index (κ1) is 18.3. The van der Waals surface area contributed by atoms with Crippen molar-refractivity contribution in [1.82, 2.24) is 4.57 Å². The fourth-order valence-electron chi connectivity index (χ4n) is 3.01. The Kier molecular flexibility index (Phi) is 10.3. The SMILES string of the molecule is CCCCCCCCCn1cc[n+](CCC)c1CCCC. The fraction of sp³-hybridized carbons (Fsp3) is 0.842. The van der Waals surface area contributed by atoms with Crippen LogP contribution < -0.4 is 4.57 Å². The lowest BCUT2D eigenvalue weighted by atomic mass is 10.1. The van der Waals surface area contributed by atoms with Gasteiger partial charge >= 0.3 is 0 Å². The molecule has 0 radical (unpaired) electrons. The topological polar surface area (TPSA) is 8.81 Å². The molecule has 0 saturated heterocycles. The summed E-state index contributed by atoms with van der Waals surface area (Å²) in [5.41, 5.74) is 0. The van der Waals surface area contributed by atoms with E-state index in [4.69, 9.17) is 0 Å². The summed E-state index contributed by atoms with van der Waals surface area (Å²) in [5.74, 6) is 1.55. The van der Waals surface area contributed by atoms with Gasteiger partial charge in [0.1, 0.15) is 12.4 Å². The second kappa shape index (κ2) is 11.8. The molecule has 0 aromatic carbocycles. The van der Waals surface area contributed by atoms with Crippen LogP contribution in [0.1, 0.15) is 90.8 Å². The third kappa shape index (κ3) is 7.15. The van der Waals surface area contributed by atoms with Gasteiger partial charge in [-0.1, -0.05) is 59.3 Å². The molecule has 0 aliphatic rings. The van der Waals surface area contributed by atoms with Gasteiger partial charge < -0.3 is 0 Å². The van der Waals surface area contributed by atoms with Crippen molar-refractivity contribution in [3.05, 3.63) is 18.2 Å². The van der Waals surface area contributed by atoms with E-state index in [9.17, 15) is 0 Å². The first-order chi connectivity index (χ1) is 10.3. The molecule has 0 aliphatic carbocycles. The second-order valence-electron chi connectivity index (χ2n) is 6.33. The normalized spacial score (nSPS) is 11.2. The number of rotatable bonds is 13. The Morgan fingerprint density at radius 1 is 0.810 bits per heavy atom. The Labute approximate surface area is 132 Å². The summed E-state index contributed by atoms with van der Waals surface area (Å²) in [6.45, 7) is 9.22. The van der Waals surface area contributed by atoms with Crippen molar-refractivity contribution < 1.29 is 4.57 Å². The Morgan fingerprint density at radius 3 is 2.14 bits per heavy atom. The Morgan fingerprint density at radius 2 is 1.48 bits per heavy atom. The van der Waals surface area contributed by atoms with Gasteiger partial charge in [0.2, 0.25) is 0 Å². The van der Waals surface area contributed by atoms with Gasteiger partial charge in [-0.3, -0.25) is 0 Å². The fourth-order valence-corrected chi connectivity index (χ4v) is 3.01. The Balaban J connectivity index is 2.35. The van der Waals surface area contributed by atoms with Crippen molar-refractivity contribution in [2.45, 2.75) is 104 Å². The van der Waals surface area contributed by atoms with Crippen molar-refractivity contribution in [2.75, 3.05) is 0 Å². The highest BCUT2D eigenvalue weighted by molar-refractivity contribution is 4.84. The molecule has 0 atom stereocenters. The quantitative estimate of drug-likeness (QED) is 0.346. The lowest BCUT2D eigenvalue weighted by Gasteiger charge is -2.05. The lowest BCUT2D eigenvalue weighted by molar-refractivity contribution is -0.703. The highest BCUT2D eigenvalue weighted by atomic mass is 15.1. The summed E-state index contributed by atoms with van der Waals surface area (Å²) in [4.78, 5) is 0. The summed E-state index contributed by atoms with van der Waals surface area (Å²) in [6.07, 6.45) is 19.4. The third-order valence-electron chi connectivity index (χ3n) is 4.31. The molecule has 2 nitrogen and oxygen atoms in total. The van der Waals surface area contributed by atoms with E-state index in [2.05, 4.69) is 42.3 Å². The maximum atomic E-state index is 2.51. The molecular formula is C19H37N2+. The van der Waals surface area contributed by atoms with Crippen LogP contribution in [-0.4, -0.2) is 4.57 Å². The van der Waals surface area contributed by atoms with E-state index in [-0.39, 0.29) is 0 Å². The molecule has 0 aliphatic heterocycles. The van der Waals surface area contributed by atoms with Crippen molar-refractivity contribution in [1.29, 1.82) is 0 Å². The predicted octanol–water partition coefficient (Wildman–Crippen LogP) is 5.28. The lowest BCUT2D eigenvalue weighted by Crippen LogP contribution is -2.37. The first-order valence-corrected chi connectivity index (χ1v) is 9.40. The molecule has 0 N–H and O–H groups in total. The van der Waals surface area contributed by atoms with Crippen LogP contribution in [0.5, 0.6) is 0 Å². The van der Waals surface area contributed by atoms with Gasteiger partial charge in [0.15, 0.2) is 0 Å². The van der Waals surface area contributed by atoms with Crippen LogP contribution in [0.25, 0.3) is 0 Å². The van der Waals surface area contributed by atoms with Crippen LogP contribution >= 0.6 is 0 Å². The van der Waals surface area contributed by atoms with Crippen LogP contribution in [0, 0.1) is 0 Å². The molecule has 1 aromatic heterocycles. The Bertz CT molecular complexity index is 354. The van der Waals surface area contributed by atoms with Gasteiger partial charge in [0, 0.05) is 6.42 Å². The molecule has 0 fully saturated rings. The van der Waals surface area contributed by atoms with Gasteiger partial charge in [-0.25, -0.2) is 9.13 Å². The molecule has 122 valence electrons. The van der Waals surface area contributed by atoms with Crippen molar-refractivity contribution in [3.8, 4) is 0 Å². The maximum absolute atomic E-state index is 2.51. The van der Waals surface area contributed by atoms with E-state index in [0.717, 1.165) is 0 Å². The van der Waals surface area contributed by atoms with Gasteiger partial charge in [-0.2, -0.15) is 0 Å². The van der Waals surface area contributed by atoms with Gasteiger partial charge in [-0.15, -0.1) is 0 Å². The molecular weight excluding hydrogens is 256 g/mol. The number of hydrogen-bond acceptors (Lipinski definition) is 0. The minimum atomic E-state index is 1.17. The number of imidazole rings is 1. The van der Waals surface area contributed by atoms with Gasteiger partial charge in [0.05, 0.1) is 13.1 Å². The first-order valence-electron chi connectivity index (χ1n) is 9.40. The summed E-state index contributed by atoms with van der Waals surface area (Å²) in [6, 6.07) is 0. The van der Waals surface area contributed by atoms with Crippen LogP contribution in [0.2, 0.25) is 0 Å². The average molecular weight is 294 g/mol. The molecule has 0 unspecified atom stereocenters. The monoisotopic (exact) mass is 293 g/mol. The molecule has 0 saturated carbocycles. The van der Waals surface area contributed by atoms with E-state index in [1.54, 1.807) is 5.82 Å². The summed E-state index contributed by atoms with van der Waals surface area (Å²) in [5, 5.41) is 0. The zero-order valence-corrected chi connectivity index (χ0v) is 14.7. The zero-order valence-electron chi connectivity index (χ0n) is 14.7. The van der Waals surface area contributed by atoms with Crippen LogP contribution in [0.15, 0.2) is 12.4 Å². The highest BCUT2D eigenvalue weighted by Crippen LogP contribution is 2.09. The van der Waals surface area contributed by atoms with Crippen molar-refractivity contribution in [3.63, 3.8) is 0 Å². The van der Waals surface area contributed by atoms with E-state index < -0.39 is 0 Å². The molecule has 1 aromatic rings. The summed E-state index contributed by atoms with van der Waals surface area (Å²) < 4.78 is 4.98. The number of aromatic nitrogens is 2. The second-order valence-corrected chi connectivity index (χ2v) is 6.33. The highest BCUT2D eigenvalue weighted by Gasteiger charge is 2.15. The van der Waals surface area contributed by atoms with Crippen LogP contribution in [0.4, 0.5) is 0 Å². The third-order valence-corrected chi connectivity index (χ3v) is 4.31. The van der Waals surface area contributed by atoms with Gasteiger partial charge in [0.25, 0.3) is 5.82 Å². The van der Waals surface area contributed by atoms with Gasteiger partial charge in [-0.05, 0) is 25.7 Å². The molecule has 2 heteroatoms. The largest absolute Gasteiger partial charge is 0.256 e. The van der Waals surface area contributed by atoms with Crippen LogP contribution in [0.3, 0.4) is 0 Å². The van der Waals surface area contributed by atoms with E-state index in [1.807, 2.05) is 0 Å².